The van der Waals surface area contributed by atoms with E-state index in [0.717, 1.165) is 11.1 Å². The van der Waals surface area contributed by atoms with E-state index in [1.54, 1.807) is 12.1 Å². The third kappa shape index (κ3) is 4.43. The highest BCUT2D eigenvalue weighted by Crippen LogP contribution is 2.40. The second-order valence-electron chi connectivity index (χ2n) is 8.05. The molecular formula is C19H28O3. The number of carbonyl (C=O) groups is 2. The molecule has 0 saturated carbocycles. The van der Waals surface area contributed by atoms with Crippen LogP contribution in [-0.2, 0) is 15.6 Å². The third-order valence-electron chi connectivity index (χ3n) is 3.75. The summed E-state index contributed by atoms with van der Waals surface area (Å²) in [5, 5.41) is 10.6. The summed E-state index contributed by atoms with van der Waals surface area (Å²) in [5.74, 6) is 0.230. The van der Waals surface area contributed by atoms with Crippen LogP contribution in [0.4, 0.5) is 0 Å². The highest BCUT2D eigenvalue weighted by molar-refractivity contribution is 5.98. The molecule has 0 aliphatic rings. The van der Waals surface area contributed by atoms with Gasteiger partial charge in [-0.05, 0) is 29.9 Å². The van der Waals surface area contributed by atoms with Gasteiger partial charge in [-0.15, -0.1) is 0 Å². The molecule has 0 bridgehead atoms. The summed E-state index contributed by atoms with van der Waals surface area (Å²) in [6, 6.07) is 3.54. The number of hydrogen-bond acceptors (Lipinski definition) is 3. The Morgan fingerprint density at radius 1 is 0.909 bits per heavy atom. The molecule has 3 nitrogen and oxygen atoms in total. The van der Waals surface area contributed by atoms with Crippen molar-refractivity contribution in [3.63, 3.8) is 0 Å². The zero-order valence-corrected chi connectivity index (χ0v) is 14.8. The van der Waals surface area contributed by atoms with Gasteiger partial charge >= 0.3 is 0 Å². The Balaban J connectivity index is 3.41. The average molecular weight is 304 g/mol. The molecule has 1 rings (SSSR count). The van der Waals surface area contributed by atoms with Gasteiger partial charge in [0.1, 0.15) is 11.5 Å². The number of aromatic hydroxyl groups is 1. The first kappa shape index (κ1) is 18.4. The van der Waals surface area contributed by atoms with Crippen molar-refractivity contribution in [3.05, 3.63) is 28.8 Å². The van der Waals surface area contributed by atoms with Crippen LogP contribution in [0.25, 0.3) is 0 Å². The summed E-state index contributed by atoms with van der Waals surface area (Å²) in [6.45, 7) is 13.6. The monoisotopic (exact) mass is 304 g/mol. The molecular weight excluding hydrogens is 276 g/mol. The van der Waals surface area contributed by atoms with Crippen LogP contribution in [0.3, 0.4) is 0 Å². The second kappa shape index (κ2) is 6.23. The molecule has 1 aromatic carbocycles. The number of phenolic OH excluding ortho intramolecular Hbond substituents is 1. The normalized spacial score (nSPS) is 12.3. The number of ketones is 2. The SMILES string of the molecule is CC(=O)CCC(=O)c1cc(C(C)(C)C)c(O)c(C(C)(C)C)c1. The van der Waals surface area contributed by atoms with Gasteiger partial charge in [0.25, 0.3) is 0 Å². The highest BCUT2D eigenvalue weighted by Gasteiger charge is 2.27. The molecule has 0 unspecified atom stereocenters. The molecule has 22 heavy (non-hydrogen) atoms. The minimum atomic E-state index is -0.263. The topological polar surface area (TPSA) is 54.4 Å². The summed E-state index contributed by atoms with van der Waals surface area (Å²) in [4.78, 5) is 23.5. The van der Waals surface area contributed by atoms with Crippen LogP contribution in [0.15, 0.2) is 12.1 Å². The van der Waals surface area contributed by atoms with Crippen LogP contribution >= 0.6 is 0 Å². The fraction of sp³-hybridized carbons (Fsp3) is 0.579. The smallest absolute Gasteiger partial charge is 0.163 e. The van der Waals surface area contributed by atoms with Crippen molar-refractivity contribution in [2.45, 2.75) is 72.1 Å². The minimum absolute atomic E-state index is 0.0132. The quantitative estimate of drug-likeness (QED) is 0.831. The maximum Gasteiger partial charge on any atom is 0.163 e. The van der Waals surface area contributed by atoms with Crippen LogP contribution in [0.5, 0.6) is 5.75 Å². The molecule has 0 radical (unpaired) electrons. The van der Waals surface area contributed by atoms with Gasteiger partial charge in [0.05, 0.1) is 0 Å². The van der Waals surface area contributed by atoms with E-state index in [1.807, 2.05) is 41.5 Å². The van der Waals surface area contributed by atoms with Crippen LogP contribution < -0.4 is 0 Å². The third-order valence-corrected chi connectivity index (χ3v) is 3.75. The second-order valence-corrected chi connectivity index (χ2v) is 8.05. The number of phenols is 1. The maximum atomic E-state index is 12.4. The van der Waals surface area contributed by atoms with Crippen LogP contribution in [0, 0.1) is 0 Å². The molecule has 3 heteroatoms. The Labute approximate surface area is 133 Å². The standard InChI is InChI=1S/C19H28O3/c1-12(20)8-9-16(21)13-10-14(18(2,3)4)17(22)15(11-13)19(5,6)7/h10-11,22H,8-9H2,1-7H3. The fourth-order valence-electron chi connectivity index (χ4n) is 2.37. The van der Waals surface area contributed by atoms with Crippen molar-refractivity contribution in [2.75, 3.05) is 0 Å². The van der Waals surface area contributed by atoms with Crippen molar-refractivity contribution in [1.82, 2.24) is 0 Å². The van der Waals surface area contributed by atoms with E-state index in [1.165, 1.54) is 6.92 Å². The van der Waals surface area contributed by atoms with Crippen molar-refractivity contribution in [2.24, 2.45) is 0 Å². The number of Topliss-reactive ketones (excluding diaryl/α,β-unsaturated/α-hetero) is 2. The zero-order chi connectivity index (χ0) is 17.3. The highest BCUT2D eigenvalue weighted by atomic mass is 16.3. The number of benzene rings is 1. The summed E-state index contributed by atoms with van der Waals surface area (Å²) in [7, 11) is 0. The molecule has 0 aliphatic carbocycles. The molecule has 122 valence electrons. The van der Waals surface area contributed by atoms with Gasteiger partial charge in [0, 0.05) is 29.5 Å². The zero-order valence-electron chi connectivity index (χ0n) is 14.8. The Kier molecular flexibility index (Phi) is 5.21. The average Bonchev–Trinajstić information content (AvgIpc) is 2.33. The first-order valence-corrected chi connectivity index (χ1v) is 7.74. The lowest BCUT2D eigenvalue weighted by Gasteiger charge is -2.28. The Hall–Kier alpha value is -1.64. The Bertz CT molecular complexity index is 549. The Morgan fingerprint density at radius 2 is 1.32 bits per heavy atom. The number of rotatable bonds is 4. The molecule has 0 fully saturated rings. The van der Waals surface area contributed by atoms with Gasteiger partial charge in [0.15, 0.2) is 5.78 Å². The minimum Gasteiger partial charge on any atom is -0.507 e. The summed E-state index contributed by atoms with van der Waals surface area (Å²) in [6.07, 6.45) is 0.475. The van der Waals surface area contributed by atoms with E-state index >= 15 is 0 Å². The van der Waals surface area contributed by atoms with E-state index < -0.39 is 0 Å². The fourth-order valence-corrected chi connectivity index (χ4v) is 2.37. The van der Waals surface area contributed by atoms with Crippen molar-refractivity contribution >= 4 is 11.6 Å². The predicted octanol–water partition coefficient (Wildman–Crippen LogP) is 4.54. The Morgan fingerprint density at radius 3 is 1.64 bits per heavy atom. The molecule has 1 N–H and O–H groups in total. The van der Waals surface area contributed by atoms with Gasteiger partial charge in [0.2, 0.25) is 0 Å². The van der Waals surface area contributed by atoms with Gasteiger partial charge in [-0.3, -0.25) is 4.79 Å². The van der Waals surface area contributed by atoms with E-state index in [2.05, 4.69) is 0 Å². The predicted molar refractivity (Wildman–Crippen MR) is 89.8 cm³/mol. The molecule has 0 amide bonds. The van der Waals surface area contributed by atoms with Crippen molar-refractivity contribution < 1.29 is 14.7 Å². The van der Waals surface area contributed by atoms with Gasteiger partial charge < -0.3 is 9.90 Å². The van der Waals surface area contributed by atoms with E-state index in [4.69, 9.17) is 0 Å². The van der Waals surface area contributed by atoms with Crippen molar-refractivity contribution in [1.29, 1.82) is 0 Å². The maximum absolute atomic E-state index is 12.4. The molecule has 0 heterocycles. The number of hydrogen-bond donors (Lipinski definition) is 1. The number of carbonyl (C=O) groups excluding carboxylic acids is 2. The van der Waals surface area contributed by atoms with Crippen LogP contribution in [-0.4, -0.2) is 16.7 Å². The summed E-state index contributed by atoms with van der Waals surface area (Å²) in [5.41, 5.74) is 1.59. The molecule has 0 spiro atoms. The first-order chi connectivity index (χ1) is 9.84. The first-order valence-electron chi connectivity index (χ1n) is 7.74. The van der Waals surface area contributed by atoms with Crippen LogP contribution in [0.1, 0.15) is 82.8 Å². The van der Waals surface area contributed by atoms with E-state index in [-0.39, 0.29) is 41.0 Å². The molecule has 0 aliphatic heterocycles. The summed E-state index contributed by atoms with van der Waals surface area (Å²) < 4.78 is 0. The van der Waals surface area contributed by atoms with E-state index in [9.17, 15) is 14.7 Å². The lowest BCUT2D eigenvalue weighted by molar-refractivity contribution is -0.116. The molecule has 0 saturated heterocycles. The van der Waals surface area contributed by atoms with E-state index in [0.29, 0.717) is 5.56 Å². The van der Waals surface area contributed by atoms with Crippen molar-refractivity contribution in [3.8, 4) is 5.75 Å². The van der Waals surface area contributed by atoms with Crippen LogP contribution in [0.2, 0.25) is 0 Å². The van der Waals surface area contributed by atoms with Gasteiger partial charge in [-0.25, -0.2) is 0 Å². The largest absolute Gasteiger partial charge is 0.507 e. The molecule has 0 aromatic heterocycles. The lowest BCUT2D eigenvalue weighted by Crippen LogP contribution is -2.19. The summed E-state index contributed by atoms with van der Waals surface area (Å²) >= 11 is 0. The molecule has 1 aromatic rings. The molecule has 0 atom stereocenters. The lowest BCUT2D eigenvalue weighted by atomic mass is 9.78. The van der Waals surface area contributed by atoms with Gasteiger partial charge in [-0.2, -0.15) is 0 Å². The van der Waals surface area contributed by atoms with Gasteiger partial charge in [-0.1, -0.05) is 41.5 Å².